The largest absolute Gasteiger partial charge is 0.377 e. The molecule has 0 saturated carbocycles. The van der Waals surface area contributed by atoms with E-state index in [0.29, 0.717) is 18.2 Å². The van der Waals surface area contributed by atoms with Gasteiger partial charge in [-0.25, -0.2) is 0 Å². The van der Waals surface area contributed by atoms with Crippen molar-refractivity contribution in [3.8, 4) is 0 Å². The quantitative estimate of drug-likeness (QED) is 0.850. The Balaban J connectivity index is 1.90. The first-order valence-corrected chi connectivity index (χ1v) is 7.15. The molecule has 1 aliphatic heterocycles. The standard InChI is InChI=1S/C13H21NOS/c1-3-12(13-5-4-7-15-13)14-10(2)11-6-8-16-9-11/h6,8-10,12-14H,3-5,7H2,1-2H3. The van der Waals surface area contributed by atoms with Crippen LogP contribution in [0.1, 0.15) is 44.7 Å². The van der Waals surface area contributed by atoms with Gasteiger partial charge in [-0.2, -0.15) is 11.3 Å². The van der Waals surface area contributed by atoms with Crippen molar-refractivity contribution in [2.75, 3.05) is 6.61 Å². The Hall–Kier alpha value is -0.380. The Kier molecular flexibility index (Phi) is 4.38. The van der Waals surface area contributed by atoms with Crippen LogP contribution in [0, 0.1) is 0 Å². The van der Waals surface area contributed by atoms with E-state index in [1.54, 1.807) is 11.3 Å². The third kappa shape index (κ3) is 2.84. The van der Waals surface area contributed by atoms with Crippen molar-refractivity contribution in [2.24, 2.45) is 0 Å². The predicted octanol–water partition coefficient (Wildman–Crippen LogP) is 3.36. The van der Waals surface area contributed by atoms with Gasteiger partial charge in [0, 0.05) is 18.7 Å². The van der Waals surface area contributed by atoms with Crippen LogP contribution in [0.5, 0.6) is 0 Å². The third-order valence-corrected chi connectivity index (χ3v) is 4.06. The van der Waals surface area contributed by atoms with Crippen LogP contribution in [-0.2, 0) is 4.74 Å². The highest BCUT2D eigenvalue weighted by Gasteiger charge is 2.25. The van der Waals surface area contributed by atoms with E-state index in [1.807, 2.05) is 0 Å². The van der Waals surface area contributed by atoms with Crippen molar-refractivity contribution in [2.45, 2.75) is 51.3 Å². The minimum Gasteiger partial charge on any atom is -0.377 e. The zero-order valence-electron chi connectivity index (χ0n) is 10.1. The second-order valence-corrected chi connectivity index (χ2v) is 5.29. The number of nitrogens with one attached hydrogen (secondary N) is 1. The van der Waals surface area contributed by atoms with Crippen molar-refractivity contribution < 1.29 is 4.74 Å². The predicted molar refractivity (Wildman–Crippen MR) is 68.9 cm³/mol. The molecule has 0 aliphatic carbocycles. The molecule has 1 aromatic rings. The lowest BCUT2D eigenvalue weighted by Gasteiger charge is -2.26. The van der Waals surface area contributed by atoms with Crippen molar-refractivity contribution in [3.63, 3.8) is 0 Å². The number of hydrogen-bond acceptors (Lipinski definition) is 3. The average Bonchev–Trinajstić information content (AvgIpc) is 2.96. The summed E-state index contributed by atoms with van der Waals surface area (Å²) in [4.78, 5) is 0. The molecule has 3 unspecified atom stereocenters. The van der Waals surface area contributed by atoms with Crippen LogP contribution < -0.4 is 5.32 Å². The summed E-state index contributed by atoms with van der Waals surface area (Å²) in [7, 11) is 0. The zero-order valence-corrected chi connectivity index (χ0v) is 10.9. The van der Waals surface area contributed by atoms with Crippen molar-refractivity contribution in [1.29, 1.82) is 0 Å². The Bertz CT molecular complexity index is 293. The van der Waals surface area contributed by atoms with Gasteiger partial charge in [0.1, 0.15) is 0 Å². The minimum atomic E-state index is 0.422. The molecule has 2 heterocycles. The molecule has 1 N–H and O–H groups in total. The Morgan fingerprint density at radius 3 is 3.06 bits per heavy atom. The SMILES string of the molecule is CCC(NC(C)c1ccsc1)C1CCCO1. The smallest absolute Gasteiger partial charge is 0.0728 e. The fourth-order valence-electron chi connectivity index (χ4n) is 2.35. The van der Waals surface area contributed by atoms with Gasteiger partial charge in [-0.05, 0) is 48.6 Å². The van der Waals surface area contributed by atoms with E-state index in [9.17, 15) is 0 Å². The molecule has 0 spiro atoms. The van der Waals surface area contributed by atoms with Gasteiger partial charge in [0.2, 0.25) is 0 Å². The first kappa shape index (κ1) is 12.1. The number of thiophene rings is 1. The molecule has 16 heavy (non-hydrogen) atoms. The topological polar surface area (TPSA) is 21.3 Å². The highest BCUT2D eigenvalue weighted by molar-refractivity contribution is 7.07. The fraction of sp³-hybridized carbons (Fsp3) is 0.692. The van der Waals surface area contributed by atoms with Crippen molar-refractivity contribution in [3.05, 3.63) is 22.4 Å². The van der Waals surface area contributed by atoms with Gasteiger partial charge >= 0.3 is 0 Å². The summed E-state index contributed by atoms with van der Waals surface area (Å²) in [6.45, 7) is 5.41. The molecule has 0 bridgehead atoms. The highest BCUT2D eigenvalue weighted by Crippen LogP contribution is 2.22. The lowest BCUT2D eigenvalue weighted by atomic mass is 10.0. The average molecular weight is 239 g/mol. The van der Waals surface area contributed by atoms with Crippen LogP contribution in [0.15, 0.2) is 16.8 Å². The third-order valence-electron chi connectivity index (χ3n) is 3.36. The second-order valence-electron chi connectivity index (χ2n) is 4.51. The normalized spacial score (nSPS) is 24.5. The lowest BCUT2D eigenvalue weighted by Crippen LogP contribution is -2.40. The molecule has 2 nitrogen and oxygen atoms in total. The van der Waals surface area contributed by atoms with Gasteiger partial charge in [0.05, 0.1) is 6.10 Å². The van der Waals surface area contributed by atoms with Gasteiger partial charge in [-0.15, -0.1) is 0 Å². The summed E-state index contributed by atoms with van der Waals surface area (Å²) in [6, 6.07) is 3.13. The molecule has 1 aliphatic rings. The maximum Gasteiger partial charge on any atom is 0.0728 e. The summed E-state index contributed by atoms with van der Waals surface area (Å²) in [5.41, 5.74) is 1.39. The first-order valence-electron chi connectivity index (χ1n) is 6.21. The minimum absolute atomic E-state index is 0.422. The van der Waals surface area contributed by atoms with Gasteiger partial charge in [-0.3, -0.25) is 0 Å². The molecular formula is C13H21NOS. The molecule has 2 rings (SSSR count). The van der Waals surface area contributed by atoms with Crippen LogP contribution in [0.25, 0.3) is 0 Å². The molecule has 0 radical (unpaired) electrons. The van der Waals surface area contributed by atoms with Gasteiger partial charge in [0.15, 0.2) is 0 Å². The monoisotopic (exact) mass is 239 g/mol. The van der Waals surface area contributed by atoms with E-state index in [-0.39, 0.29) is 0 Å². The molecule has 0 aromatic carbocycles. The number of ether oxygens (including phenoxy) is 1. The van der Waals surface area contributed by atoms with Crippen LogP contribution in [-0.4, -0.2) is 18.8 Å². The molecule has 0 amide bonds. The van der Waals surface area contributed by atoms with E-state index < -0.39 is 0 Å². The van der Waals surface area contributed by atoms with Crippen molar-refractivity contribution >= 4 is 11.3 Å². The van der Waals surface area contributed by atoms with Gasteiger partial charge in [-0.1, -0.05) is 6.92 Å². The second kappa shape index (κ2) is 5.80. The summed E-state index contributed by atoms with van der Waals surface area (Å²) in [5.74, 6) is 0. The highest BCUT2D eigenvalue weighted by atomic mass is 32.1. The van der Waals surface area contributed by atoms with Crippen LogP contribution in [0.2, 0.25) is 0 Å². The molecule has 1 aromatic heterocycles. The van der Waals surface area contributed by atoms with E-state index >= 15 is 0 Å². The summed E-state index contributed by atoms with van der Waals surface area (Å²) >= 11 is 1.76. The summed E-state index contributed by atoms with van der Waals surface area (Å²) < 4.78 is 5.76. The summed E-state index contributed by atoms with van der Waals surface area (Å²) in [5, 5.41) is 8.05. The maximum absolute atomic E-state index is 5.76. The van der Waals surface area contributed by atoms with E-state index in [4.69, 9.17) is 4.74 Å². The maximum atomic E-state index is 5.76. The zero-order chi connectivity index (χ0) is 11.4. The van der Waals surface area contributed by atoms with Crippen molar-refractivity contribution in [1.82, 2.24) is 5.32 Å². The summed E-state index contributed by atoms with van der Waals surface area (Å²) in [6.07, 6.45) is 3.99. The fourth-order valence-corrected chi connectivity index (χ4v) is 3.10. The number of hydrogen-bond donors (Lipinski definition) is 1. The van der Waals surface area contributed by atoms with Gasteiger partial charge < -0.3 is 10.1 Å². The van der Waals surface area contributed by atoms with Crippen LogP contribution in [0.4, 0.5) is 0 Å². The Labute approximate surface area is 102 Å². The molecule has 3 heteroatoms. The van der Waals surface area contributed by atoms with E-state index in [0.717, 1.165) is 13.0 Å². The van der Waals surface area contributed by atoms with Crippen LogP contribution >= 0.6 is 11.3 Å². The first-order chi connectivity index (χ1) is 7.81. The molecule has 90 valence electrons. The molecular weight excluding hydrogens is 218 g/mol. The Morgan fingerprint density at radius 1 is 1.62 bits per heavy atom. The van der Waals surface area contributed by atoms with Gasteiger partial charge in [0.25, 0.3) is 0 Å². The van der Waals surface area contributed by atoms with Crippen LogP contribution in [0.3, 0.4) is 0 Å². The number of rotatable bonds is 5. The molecule has 1 saturated heterocycles. The molecule has 3 atom stereocenters. The van der Waals surface area contributed by atoms with E-state index in [1.165, 1.54) is 18.4 Å². The van der Waals surface area contributed by atoms with E-state index in [2.05, 4.69) is 36.0 Å². The Morgan fingerprint density at radius 2 is 2.50 bits per heavy atom. The molecule has 1 fully saturated rings. The lowest BCUT2D eigenvalue weighted by molar-refractivity contribution is 0.0735.